The number of hydrogen-bond donors (Lipinski definition) is 0. The van der Waals surface area contributed by atoms with Gasteiger partial charge in [0.2, 0.25) is 0 Å². The third kappa shape index (κ3) is 8.24. The summed E-state index contributed by atoms with van der Waals surface area (Å²) in [6, 6.07) is 49.9. The van der Waals surface area contributed by atoms with Crippen LogP contribution in [0.2, 0.25) is 19.6 Å². The molecule has 0 spiro atoms. The van der Waals surface area contributed by atoms with Crippen molar-refractivity contribution in [3.05, 3.63) is 175 Å². The van der Waals surface area contributed by atoms with Crippen molar-refractivity contribution in [2.45, 2.75) is 45.8 Å². The molecule has 5 aromatic carbocycles. The van der Waals surface area contributed by atoms with Gasteiger partial charge in [0.1, 0.15) is 5.58 Å². The maximum atomic E-state index is 8.84. The third-order valence-electron chi connectivity index (χ3n) is 8.88. The molecule has 8 aromatic rings. The molecule has 0 aliphatic carbocycles. The largest absolute Gasteiger partial charge is 0.501 e. The van der Waals surface area contributed by atoms with Gasteiger partial charge < -0.3 is 14.4 Å². The van der Waals surface area contributed by atoms with Crippen LogP contribution in [0.5, 0.6) is 0 Å². The van der Waals surface area contributed by atoms with Gasteiger partial charge in [-0.1, -0.05) is 140 Å². The van der Waals surface area contributed by atoms with Crippen molar-refractivity contribution in [3.8, 4) is 33.6 Å². The Balaban J connectivity index is 0.000000186. The summed E-state index contributed by atoms with van der Waals surface area (Å²) in [4.78, 5) is 9.15. The molecule has 8 rings (SSSR count). The van der Waals surface area contributed by atoms with Gasteiger partial charge in [-0.25, -0.2) is 0 Å². The first kappa shape index (κ1) is 32.9. The Bertz CT molecular complexity index is 2550. The zero-order valence-electron chi connectivity index (χ0n) is 33.0. The smallest absolute Gasteiger partial charge is 0.121 e. The van der Waals surface area contributed by atoms with Gasteiger partial charge in [0.25, 0.3) is 0 Å². The average molecular weight is 874 g/mol. The van der Waals surface area contributed by atoms with Gasteiger partial charge in [-0.3, -0.25) is 0 Å². The van der Waals surface area contributed by atoms with E-state index in [-0.39, 0.29) is 20.1 Å². The molecule has 0 saturated carbocycles. The molecular weight excluding hydrogens is 829 g/mol. The van der Waals surface area contributed by atoms with Crippen molar-refractivity contribution in [1.29, 1.82) is 0 Å². The van der Waals surface area contributed by atoms with Gasteiger partial charge in [0, 0.05) is 42.0 Å². The standard InChI is InChI=1S/C26H20NO.C21H22NSi.Ir/c1-17(2)19-13-14-27-24(15-19)23-10-6-9-22-21-12-11-20(16-25(21)28-26(22)23)18-7-4-3-5-8-18;1-23(2,3)21-16-22-20(18-12-8-5-9-13-18)15-19(21)14-17-10-6-4-7-11-17;/h3-9,11-17H,1-2H3;4-12,15-16H,14H2,1-3H3;/q2*-1;/i17D;14D2;. The van der Waals surface area contributed by atoms with E-state index in [1.807, 2.05) is 123 Å². The topological polar surface area (TPSA) is 38.9 Å². The molecule has 0 aliphatic heterocycles. The quantitative estimate of drug-likeness (QED) is 0.118. The van der Waals surface area contributed by atoms with Crippen LogP contribution in [0.4, 0.5) is 0 Å². The SMILES string of the molecule is [2H]C(C)(C)c1ccnc(-c2[c-]ccc3c2oc2cc(-c4ccccc4)ccc23)c1.[2H]C([2H])(c1ccccc1)c1cc(-c2[c-]cccc2)ncc1[Si](C)(C)C.[Ir]. The fourth-order valence-electron chi connectivity index (χ4n) is 6.15. The van der Waals surface area contributed by atoms with E-state index < -0.39 is 20.3 Å². The summed E-state index contributed by atoms with van der Waals surface area (Å²) in [5.41, 5.74) is 9.46. The molecule has 3 aromatic heterocycles. The molecule has 261 valence electrons. The summed E-state index contributed by atoms with van der Waals surface area (Å²) in [6.07, 6.45) is 2.06. The van der Waals surface area contributed by atoms with E-state index in [2.05, 4.69) is 72.1 Å². The van der Waals surface area contributed by atoms with E-state index in [4.69, 9.17) is 8.53 Å². The van der Waals surface area contributed by atoms with Crippen LogP contribution in [0.25, 0.3) is 55.6 Å². The van der Waals surface area contributed by atoms with E-state index in [0.29, 0.717) is 5.56 Å². The zero-order valence-corrected chi connectivity index (χ0v) is 33.4. The van der Waals surface area contributed by atoms with Crippen LogP contribution in [0.1, 0.15) is 40.5 Å². The van der Waals surface area contributed by atoms with Crippen LogP contribution < -0.4 is 5.19 Å². The molecule has 0 N–H and O–H groups in total. The van der Waals surface area contributed by atoms with Gasteiger partial charge >= 0.3 is 0 Å². The minimum atomic E-state index is -1.76. The molecule has 0 amide bonds. The number of benzene rings is 5. The normalized spacial score (nSPS) is 12.6. The van der Waals surface area contributed by atoms with Gasteiger partial charge in [0.05, 0.1) is 13.7 Å². The first-order chi connectivity index (χ1) is 25.8. The number of pyridine rings is 2. The number of rotatable bonds is 7. The summed E-state index contributed by atoms with van der Waals surface area (Å²) in [5.74, 6) is -0.690. The molecule has 0 aliphatic rings. The summed E-state index contributed by atoms with van der Waals surface area (Å²) in [5, 5.41) is 3.18. The second kappa shape index (κ2) is 16.2. The number of fused-ring (bicyclic) bond motifs is 3. The monoisotopic (exact) mass is 874 g/mol. The Morgan fingerprint density at radius 3 is 2.19 bits per heavy atom. The first-order valence-electron chi connectivity index (χ1n) is 18.7. The maximum Gasteiger partial charge on any atom is 0.121 e. The fraction of sp³-hybridized carbons (Fsp3) is 0.149. The maximum absolute atomic E-state index is 8.84. The number of nitrogens with zero attached hydrogens (tertiary/aromatic N) is 2. The van der Waals surface area contributed by atoms with E-state index in [1.54, 1.807) is 6.20 Å². The molecular formula is C47H42IrN2OSi-2. The predicted molar refractivity (Wildman–Crippen MR) is 216 cm³/mol. The molecule has 0 unspecified atom stereocenters. The number of hydrogen-bond acceptors (Lipinski definition) is 3. The predicted octanol–water partition coefficient (Wildman–Crippen LogP) is 11.9. The molecule has 0 bridgehead atoms. The van der Waals surface area contributed by atoms with Gasteiger partial charge in [0.15, 0.2) is 0 Å². The minimum absolute atomic E-state index is 0. The van der Waals surface area contributed by atoms with Crippen molar-refractivity contribution >= 4 is 35.2 Å². The minimum Gasteiger partial charge on any atom is -0.501 e. The van der Waals surface area contributed by atoms with Crippen LogP contribution >= 0.6 is 0 Å². The van der Waals surface area contributed by atoms with Gasteiger partial charge in [-0.05, 0) is 57.7 Å². The fourth-order valence-corrected chi connectivity index (χ4v) is 7.55. The van der Waals surface area contributed by atoms with Crippen molar-refractivity contribution in [2.75, 3.05) is 0 Å². The van der Waals surface area contributed by atoms with Crippen molar-refractivity contribution in [1.82, 2.24) is 9.97 Å². The van der Waals surface area contributed by atoms with Gasteiger partial charge in [-0.2, -0.15) is 0 Å². The Morgan fingerprint density at radius 2 is 1.48 bits per heavy atom. The average Bonchev–Trinajstić information content (AvgIpc) is 3.56. The van der Waals surface area contributed by atoms with Crippen LogP contribution in [0.3, 0.4) is 0 Å². The molecule has 0 saturated heterocycles. The molecule has 0 fully saturated rings. The van der Waals surface area contributed by atoms with E-state index >= 15 is 0 Å². The Hall–Kier alpha value is -4.93. The Morgan fingerprint density at radius 1 is 0.731 bits per heavy atom. The first-order valence-corrected chi connectivity index (χ1v) is 20.7. The molecule has 52 heavy (non-hydrogen) atoms. The van der Waals surface area contributed by atoms with E-state index in [9.17, 15) is 0 Å². The van der Waals surface area contributed by atoms with Crippen molar-refractivity contribution in [3.63, 3.8) is 0 Å². The second-order valence-corrected chi connectivity index (χ2v) is 18.9. The van der Waals surface area contributed by atoms with Crippen molar-refractivity contribution < 1.29 is 28.6 Å². The Labute approximate surface area is 326 Å². The molecule has 3 nitrogen and oxygen atoms in total. The molecule has 0 atom stereocenters. The van der Waals surface area contributed by atoms with Crippen LogP contribution in [-0.4, -0.2) is 18.0 Å². The molecule has 1 radical (unpaired) electrons. The Kier molecular flexibility index (Phi) is 10.2. The molecule has 5 heteroatoms. The summed E-state index contributed by atoms with van der Waals surface area (Å²) >= 11 is 0. The number of aromatic nitrogens is 2. The summed E-state index contributed by atoms with van der Waals surface area (Å²) < 4.78 is 32.3. The van der Waals surface area contributed by atoms with E-state index in [0.717, 1.165) is 71.9 Å². The van der Waals surface area contributed by atoms with Gasteiger partial charge in [-0.15, -0.1) is 54.1 Å². The number of furan rings is 1. The van der Waals surface area contributed by atoms with Crippen LogP contribution in [0.15, 0.2) is 150 Å². The van der Waals surface area contributed by atoms with Crippen molar-refractivity contribution in [2.24, 2.45) is 0 Å². The van der Waals surface area contributed by atoms with E-state index in [1.165, 1.54) is 0 Å². The molecule has 3 heterocycles. The zero-order chi connectivity index (χ0) is 38.1. The van der Waals surface area contributed by atoms with Crippen LogP contribution in [-0.2, 0) is 26.5 Å². The second-order valence-electron chi connectivity index (χ2n) is 13.8. The van der Waals surface area contributed by atoms with Crippen LogP contribution in [0, 0.1) is 12.1 Å². The third-order valence-corrected chi connectivity index (χ3v) is 10.9. The summed E-state index contributed by atoms with van der Waals surface area (Å²) in [6.45, 7) is 10.4. The summed E-state index contributed by atoms with van der Waals surface area (Å²) in [7, 11) is -1.76.